The number of rotatable bonds is 4. The van der Waals surface area contributed by atoms with Crippen LogP contribution < -0.4 is 0 Å². The fraction of sp³-hybridized carbons (Fsp3) is 0.818. The van der Waals surface area contributed by atoms with E-state index in [0.717, 1.165) is 19.3 Å². The van der Waals surface area contributed by atoms with E-state index in [4.69, 9.17) is 0 Å². The van der Waals surface area contributed by atoms with Crippen LogP contribution in [-0.4, -0.2) is 24.1 Å². The van der Waals surface area contributed by atoms with Crippen molar-refractivity contribution in [3.63, 3.8) is 0 Å². The van der Waals surface area contributed by atoms with Gasteiger partial charge in [0, 0.05) is 0 Å². The lowest BCUT2D eigenvalue weighted by atomic mass is 10.1. The lowest BCUT2D eigenvalue weighted by Crippen LogP contribution is -2.21. The SMILES string of the molecule is CCCC[C@@H](O)[C@H](Br)C#C[Si](C)(C)C. The highest BCUT2D eigenvalue weighted by molar-refractivity contribution is 9.09. The van der Waals surface area contributed by atoms with Gasteiger partial charge in [-0.25, -0.2) is 0 Å². The van der Waals surface area contributed by atoms with Crippen LogP contribution in [-0.2, 0) is 0 Å². The van der Waals surface area contributed by atoms with Crippen molar-refractivity contribution in [3.05, 3.63) is 0 Å². The second-order valence-corrected chi connectivity index (χ2v) is 10.4. The molecule has 0 rings (SSSR count). The average Bonchev–Trinajstić information content (AvgIpc) is 2.09. The summed E-state index contributed by atoms with van der Waals surface area (Å²) in [7, 11) is -1.30. The Kier molecular flexibility index (Phi) is 6.76. The van der Waals surface area contributed by atoms with E-state index in [-0.39, 0.29) is 10.9 Å². The minimum Gasteiger partial charge on any atom is -0.391 e. The Hall–Kier alpha value is 0.217. The first-order valence-corrected chi connectivity index (χ1v) is 9.63. The third-order valence-electron chi connectivity index (χ3n) is 1.78. The topological polar surface area (TPSA) is 20.2 Å². The van der Waals surface area contributed by atoms with Gasteiger partial charge in [-0.2, -0.15) is 0 Å². The monoisotopic (exact) mass is 276 g/mol. The predicted octanol–water partition coefficient (Wildman–Crippen LogP) is 3.18. The summed E-state index contributed by atoms with van der Waals surface area (Å²) in [5.41, 5.74) is 3.26. The summed E-state index contributed by atoms with van der Waals surface area (Å²) >= 11 is 3.42. The van der Waals surface area contributed by atoms with E-state index in [1.807, 2.05) is 0 Å². The number of alkyl halides is 1. The molecule has 0 saturated carbocycles. The van der Waals surface area contributed by atoms with Crippen LogP contribution in [0.5, 0.6) is 0 Å². The Morgan fingerprint density at radius 3 is 2.36 bits per heavy atom. The molecule has 82 valence electrons. The molecule has 0 saturated heterocycles. The quantitative estimate of drug-likeness (QED) is 0.475. The van der Waals surface area contributed by atoms with Crippen molar-refractivity contribution < 1.29 is 5.11 Å². The molecule has 0 radical (unpaired) electrons. The van der Waals surface area contributed by atoms with Gasteiger partial charge in [0.15, 0.2) is 0 Å². The van der Waals surface area contributed by atoms with Gasteiger partial charge in [-0.3, -0.25) is 0 Å². The first-order chi connectivity index (χ1) is 6.37. The highest BCUT2D eigenvalue weighted by Gasteiger charge is 2.14. The van der Waals surface area contributed by atoms with Gasteiger partial charge in [-0.1, -0.05) is 61.3 Å². The first-order valence-electron chi connectivity index (χ1n) is 5.21. The summed E-state index contributed by atoms with van der Waals surface area (Å²) in [5.74, 6) is 3.11. The highest BCUT2D eigenvalue weighted by atomic mass is 79.9. The molecule has 0 amide bonds. The summed E-state index contributed by atoms with van der Waals surface area (Å²) < 4.78 is 0. The van der Waals surface area contributed by atoms with Crippen molar-refractivity contribution in [1.29, 1.82) is 0 Å². The number of halogens is 1. The molecule has 0 aliphatic rings. The van der Waals surface area contributed by atoms with Gasteiger partial charge < -0.3 is 5.11 Å². The lowest BCUT2D eigenvalue weighted by Gasteiger charge is -2.12. The third-order valence-corrected chi connectivity index (χ3v) is 3.51. The van der Waals surface area contributed by atoms with Crippen molar-refractivity contribution in [2.24, 2.45) is 0 Å². The highest BCUT2D eigenvalue weighted by Crippen LogP contribution is 2.11. The Labute approximate surface area is 97.4 Å². The summed E-state index contributed by atoms with van der Waals surface area (Å²) in [4.78, 5) is -0.0548. The molecule has 0 aromatic carbocycles. The molecule has 0 spiro atoms. The van der Waals surface area contributed by atoms with Crippen molar-refractivity contribution in [3.8, 4) is 11.5 Å². The average molecular weight is 277 g/mol. The maximum atomic E-state index is 9.71. The van der Waals surface area contributed by atoms with Crippen LogP contribution in [0.4, 0.5) is 0 Å². The molecule has 14 heavy (non-hydrogen) atoms. The minimum absolute atomic E-state index is 0.0548. The molecule has 0 bridgehead atoms. The standard InChI is InChI=1S/C11H21BrOSi/c1-5-6-7-11(13)10(12)8-9-14(2,3)4/h10-11,13H,5-7H2,1-4H3/t10-,11-/m1/s1. The van der Waals surface area contributed by atoms with Crippen LogP contribution in [0.2, 0.25) is 19.6 Å². The van der Waals surface area contributed by atoms with Crippen molar-refractivity contribution in [2.45, 2.75) is 56.8 Å². The fourth-order valence-corrected chi connectivity index (χ4v) is 2.12. The number of aliphatic hydroxyl groups is 1. The molecular formula is C11H21BrOSi. The zero-order valence-corrected chi connectivity index (χ0v) is 12.2. The Bertz CT molecular complexity index is 212. The van der Waals surface area contributed by atoms with E-state index < -0.39 is 8.07 Å². The molecule has 0 aliphatic heterocycles. The van der Waals surface area contributed by atoms with Gasteiger partial charge in [0.05, 0.1) is 6.10 Å². The van der Waals surface area contributed by atoms with Gasteiger partial charge >= 0.3 is 0 Å². The van der Waals surface area contributed by atoms with Gasteiger partial charge in [-0.05, 0) is 6.42 Å². The molecule has 1 nitrogen and oxygen atoms in total. The van der Waals surface area contributed by atoms with Crippen LogP contribution in [0.25, 0.3) is 0 Å². The van der Waals surface area contributed by atoms with Crippen LogP contribution in [0, 0.1) is 11.5 Å². The molecule has 0 unspecified atom stereocenters. The van der Waals surface area contributed by atoms with Crippen molar-refractivity contribution >= 4 is 24.0 Å². The molecular weight excluding hydrogens is 256 g/mol. The lowest BCUT2D eigenvalue weighted by molar-refractivity contribution is 0.173. The number of hydrogen-bond donors (Lipinski definition) is 1. The maximum Gasteiger partial charge on any atom is 0.129 e. The summed E-state index contributed by atoms with van der Waals surface area (Å²) in [6, 6.07) is 0. The van der Waals surface area contributed by atoms with Gasteiger partial charge in [-0.15, -0.1) is 5.54 Å². The van der Waals surface area contributed by atoms with Gasteiger partial charge in [0.2, 0.25) is 0 Å². The number of aliphatic hydroxyl groups excluding tert-OH is 1. The van der Waals surface area contributed by atoms with Crippen LogP contribution in [0.1, 0.15) is 26.2 Å². The Morgan fingerprint density at radius 2 is 1.93 bits per heavy atom. The van der Waals surface area contributed by atoms with Crippen LogP contribution in [0.3, 0.4) is 0 Å². The van der Waals surface area contributed by atoms with E-state index in [0.29, 0.717) is 0 Å². The van der Waals surface area contributed by atoms with E-state index in [1.54, 1.807) is 0 Å². The van der Waals surface area contributed by atoms with Gasteiger partial charge in [0.25, 0.3) is 0 Å². The normalized spacial score (nSPS) is 15.6. The van der Waals surface area contributed by atoms with Crippen molar-refractivity contribution in [1.82, 2.24) is 0 Å². The zero-order valence-electron chi connectivity index (χ0n) is 9.60. The summed E-state index contributed by atoms with van der Waals surface area (Å²) in [5, 5.41) is 9.71. The van der Waals surface area contributed by atoms with E-state index in [9.17, 15) is 5.11 Å². The van der Waals surface area contributed by atoms with Crippen LogP contribution in [0.15, 0.2) is 0 Å². The smallest absolute Gasteiger partial charge is 0.129 e. The molecule has 1 N–H and O–H groups in total. The molecule has 0 aromatic heterocycles. The molecule has 0 aromatic rings. The summed E-state index contributed by atoms with van der Waals surface area (Å²) in [6.07, 6.45) is 2.71. The fourth-order valence-electron chi connectivity index (χ4n) is 0.941. The second-order valence-electron chi connectivity index (χ2n) is 4.63. The summed E-state index contributed by atoms with van der Waals surface area (Å²) in [6.45, 7) is 8.75. The predicted molar refractivity (Wildman–Crippen MR) is 69.4 cm³/mol. The molecule has 0 heterocycles. The largest absolute Gasteiger partial charge is 0.391 e. The zero-order chi connectivity index (χ0) is 11.2. The Balaban J connectivity index is 4.04. The van der Waals surface area contributed by atoms with E-state index >= 15 is 0 Å². The van der Waals surface area contributed by atoms with Crippen molar-refractivity contribution in [2.75, 3.05) is 0 Å². The van der Waals surface area contributed by atoms with Gasteiger partial charge in [0.1, 0.15) is 12.9 Å². The minimum atomic E-state index is -1.30. The molecule has 2 atom stereocenters. The number of unbranched alkanes of at least 4 members (excludes halogenated alkanes) is 1. The second kappa shape index (κ2) is 6.65. The third kappa shape index (κ3) is 7.60. The Morgan fingerprint density at radius 1 is 1.36 bits per heavy atom. The molecule has 0 fully saturated rings. The van der Waals surface area contributed by atoms with E-state index in [1.165, 1.54) is 0 Å². The van der Waals surface area contributed by atoms with E-state index in [2.05, 4.69) is 54.0 Å². The maximum absolute atomic E-state index is 9.71. The van der Waals surface area contributed by atoms with Crippen LogP contribution >= 0.6 is 15.9 Å². The molecule has 3 heteroatoms. The first kappa shape index (κ1) is 14.2. The number of hydrogen-bond acceptors (Lipinski definition) is 1. The molecule has 0 aliphatic carbocycles.